The van der Waals surface area contributed by atoms with Crippen LogP contribution in [0.1, 0.15) is 22.8 Å². The fourth-order valence-corrected chi connectivity index (χ4v) is 5.62. The predicted molar refractivity (Wildman–Crippen MR) is 131 cm³/mol. The minimum atomic E-state index is -3.88. The Labute approximate surface area is 196 Å². The van der Waals surface area contributed by atoms with Crippen LogP contribution in [0.2, 0.25) is 0 Å². The molecule has 7 nitrogen and oxygen atoms in total. The lowest BCUT2D eigenvalue weighted by Crippen LogP contribution is -2.34. The molecule has 0 unspecified atom stereocenters. The molecule has 9 heteroatoms. The van der Waals surface area contributed by atoms with Gasteiger partial charge in [-0.15, -0.1) is 4.40 Å². The molecule has 3 aromatic carbocycles. The van der Waals surface area contributed by atoms with Gasteiger partial charge in [0.05, 0.1) is 18.0 Å². The lowest BCUT2D eigenvalue weighted by Gasteiger charge is -2.30. The van der Waals surface area contributed by atoms with Crippen LogP contribution in [-0.2, 0) is 21.4 Å². The molecule has 0 aromatic heterocycles. The van der Waals surface area contributed by atoms with Gasteiger partial charge in [-0.1, -0.05) is 66.4 Å². The van der Waals surface area contributed by atoms with Gasteiger partial charge in [0.1, 0.15) is 4.90 Å². The molecule has 0 saturated carbocycles. The zero-order valence-corrected chi connectivity index (χ0v) is 19.4. The second-order valence-corrected chi connectivity index (χ2v) is 9.88. The van der Waals surface area contributed by atoms with Gasteiger partial charge in [-0.05, 0) is 36.8 Å². The third-order valence-corrected chi connectivity index (χ3v) is 7.34. The van der Waals surface area contributed by atoms with Crippen LogP contribution in [0.3, 0.4) is 0 Å². The van der Waals surface area contributed by atoms with Crippen molar-refractivity contribution in [2.45, 2.75) is 18.4 Å². The smallest absolute Gasteiger partial charge is 0.286 e. The highest BCUT2D eigenvalue weighted by atomic mass is 32.2. The number of Topliss-reactive ketones (excluding diaryl/α,β-unsaturated/α-hetero) is 1. The third-order valence-electron chi connectivity index (χ3n) is 4.93. The van der Waals surface area contributed by atoms with Crippen molar-refractivity contribution in [3.63, 3.8) is 0 Å². The van der Waals surface area contributed by atoms with Crippen molar-refractivity contribution in [3.8, 4) is 0 Å². The number of sulfonamides is 1. The Hall–Kier alpha value is -3.43. The van der Waals surface area contributed by atoms with E-state index in [0.717, 1.165) is 17.3 Å². The van der Waals surface area contributed by atoms with E-state index >= 15 is 0 Å². The zero-order valence-electron chi connectivity index (χ0n) is 17.8. The molecule has 1 aliphatic rings. The number of nitrogens with one attached hydrogen (secondary N) is 1. The predicted octanol–water partition coefficient (Wildman–Crippen LogP) is 4.33. The number of hydrogen-bond donors (Lipinski definition) is 1. The van der Waals surface area contributed by atoms with E-state index in [0.29, 0.717) is 23.5 Å². The number of benzene rings is 3. The first-order chi connectivity index (χ1) is 15.8. The average Bonchev–Trinajstić information content (AvgIpc) is 2.80. The standard InChI is InChI=1S/C24H21N3O4S2/c1-17(28)19-10-7-11-20(14-19)25-23(29)16-32-24-26-33(30,31)22-13-6-5-12-21(22)27(24)15-18-8-3-2-4-9-18/h2-14H,15-16H2,1H3,(H,25,29). The summed E-state index contributed by atoms with van der Waals surface area (Å²) in [5, 5.41) is 2.97. The van der Waals surface area contributed by atoms with Gasteiger partial charge in [-0.2, -0.15) is 8.42 Å². The molecule has 0 saturated heterocycles. The molecular formula is C24H21N3O4S2. The Kier molecular flexibility index (Phi) is 6.62. The number of amides is 1. The normalized spacial score (nSPS) is 14.2. The van der Waals surface area contributed by atoms with Crippen molar-refractivity contribution in [1.82, 2.24) is 0 Å². The summed E-state index contributed by atoms with van der Waals surface area (Å²) in [6.07, 6.45) is 0. The van der Waals surface area contributed by atoms with Crippen molar-refractivity contribution in [3.05, 3.63) is 90.0 Å². The van der Waals surface area contributed by atoms with Crippen LogP contribution < -0.4 is 10.2 Å². The van der Waals surface area contributed by atoms with Gasteiger partial charge in [0.15, 0.2) is 11.0 Å². The second kappa shape index (κ2) is 9.60. The summed E-state index contributed by atoms with van der Waals surface area (Å²) in [6.45, 7) is 1.86. The highest BCUT2D eigenvalue weighted by molar-refractivity contribution is 8.15. The van der Waals surface area contributed by atoms with Crippen LogP contribution in [-0.4, -0.2) is 31.0 Å². The number of nitrogens with zero attached hydrogens (tertiary/aromatic N) is 2. The Morgan fingerprint density at radius 2 is 1.70 bits per heavy atom. The number of ketones is 1. The summed E-state index contributed by atoms with van der Waals surface area (Å²) < 4.78 is 29.5. The molecule has 0 bridgehead atoms. The lowest BCUT2D eigenvalue weighted by atomic mass is 10.1. The van der Waals surface area contributed by atoms with Crippen LogP contribution in [0.5, 0.6) is 0 Å². The van der Waals surface area contributed by atoms with Crippen LogP contribution in [0.25, 0.3) is 0 Å². The number of amidine groups is 1. The largest absolute Gasteiger partial charge is 0.325 e. The topological polar surface area (TPSA) is 95.9 Å². The van der Waals surface area contributed by atoms with Gasteiger partial charge in [-0.3, -0.25) is 9.59 Å². The molecule has 1 heterocycles. The highest BCUT2D eigenvalue weighted by Crippen LogP contribution is 2.35. The number of fused-ring (bicyclic) bond motifs is 1. The van der Waals surface area contributed by atoms with E-state index in [9.17, 15) is 18.0 Å². The summed E-state index contributed by atoms with van der Waals surface area (Å²) in [6, 6.07) is 23.0. The van der Waals surface area contributed by atoms with Crippen molar-refractivity contribution in [2.75, 3.05) is 16.0 Å². The van der Waals surface area contributed by atoms with Gasteiger partial charge in [0, 0.05) is 11.3 Å². The van der Waals surface area contributed by atoms with Gasteiger partial charge in [0.25, 0.3) is 10.0 Å². The SMILES string of the molecule is CC(=O)c1cccc(NC(=O)CSC2=NS(=O)(=O)c3ccccc3N2Cc2ccccc2)c1. The average molecular weight is 480 g/mol. The van der Waals surface area contributed by atoms with Gasteiger partial charge < -0.3 is 10.2 Å². The van der Waals surface area contributed by atoms with Crippen molar-refractivity contribution < 1.29 is 18.0 Å². The molecule has 0 fully saturated rings. The van der Waals surface area contributed by atoms with Crippen LogP contribution in [0, 0.1) is 0 Å². The molecule has 1 N–H and O–H groups in total. The maximum absolute atomic E-state index is 12.8. The number of thioether (sulfide) groups is 1. The number of carbonyl (C=O) groups is 2. The number of anilines is 2. The fourth-order valence-electron chi connectivity index (χ4n) is 3.37. The molecule has 3 aromatic rings. The van der Waals surface area contributed by atoms with E-state index in [-0.39, 0.29) is 27.5 Å². The second-order valence-electron chi connectivity index (χ2n) is 7.36. The summed E-state index contributed by atoms with van der Waals surface area (Å²) in [5.74, 6) is -0.483. The van der Waals surface area contributed by atoms with Gasteiger partial charge >= 0.3 is 0 Å². The van der Waals surface area contributed by atoms with Crippen LogP contribution in [0.15, 0.2) is 88.2 Å². The van der Waals surface area contributed by atoms with E-state index in [2.05, 4.69) is 9.71 Å². The number of rotatable bonds is 6. The third kappa shape index (κ3) is 5.32. The lowest BCUT2D eigenvalue weighted by molar-refractivity contribution is -0.113. The number of hydrogen-bond acceptors (Lipinski definition) is 6. The Balaban J connectivity index is 1.55. The van der Waals surface area contributed by atoms with Crippen LogP contribution in [0.4, 0.5) is 11.4 Å². The summed E-state index contributed by atoms with van der Waals surface area (Å²) in [7, 11) is -3.88. The quantitative estimate of drug-likeness (QED) is 0.529. The maximum Gasteiger partial charge on any atom is 0.286 e. The first-order valence-electron chi connectivity index (χ1n) is 10.1. The molecule has 1 amide bonds. The molecule has 1 aliphatic heterocycles. The van der Waals surface area contributed by atoms with E-state index in [1.54, 1.807) is 47.4 Å². The Bertz CT molecular complexity index is 1340. The minimum absolute atomic E-state index is 0.0495. The first kappa shape index (κ1) is 22.8. The van der Waals surface area contributed by atoms with Crippen molar-refractivity contribution >= 4 is 50.0 Å². The summed E-state index contributed by atoms with van der Waals surface area (Å²) in [4.78, 5) is 26.1. The van der Waals surface area contributed by atoms with E-state index < -0.39 is 10.0 Å². The monoisotopic (exact) mass is 479 g/mol. The molecule has 33 heavy (non-hydrogen) atoms. The highest BCUT2D eigenvalue weighted by Gasteiger charge is 2.31. The molecule has 4 rings (SSSR count). The van der Waals surface area contributed by atoms with Gasteiger partial charge in [-0.25, -0.2) is 0 Å². The van der Waals surface area contributed by atoms with Gasteiger partial charge in [0.2, 0.25) is 5.91 Å². The molecular weight excluding hydrogens is 458 g/mol. The van der Waals surface area contributed by atoms with E-state index in [1.165, 1.54) is 13.0 Å². The fraction of sp³-hybridized carbons (Fsp3) is 0.125. The Morgan fingerprint density at radius 1 is 0.970 bits per heavy atom. The Morgan fingerprint density at radius 3 is 2.45 bits per heavy atom. The number of para-hydroxylation sites is 1. The maximum atomic E-state index is 12.8. The summed E-state index contributed by atoms with van der Waals surface area (Å²) in [5.41, 5.74) is 2.49. The van der Waals surface area contributed by atoms with Crippen molar-refractivity contribution in [1.29, 1.82) is 0 Å². The molecule has 0 radical (unpaired) electrons. The van der Waals surface area contributed by atoms with E-state index in [1.807, 2.05) is 30.3 Å². The zero-order chi connectivity index (χ0) is 23.4. The minimum Gasteiger partial charge on any atom is -0.325 e. The molecule has 0 aliphatic carbocycles. The summed E-state index contributed by atoms with van der Waals surface area (Å²) >= 11 is 1.05. The van der Waals surface area contributed by atoms with E-state index in [4.69, 9.17) is 0 Å². The molecule has 0 spiro atoms. The van der Waals surface area contributed by atoms with Crippen molar-refractivity contribution in [2.24, 2.45) is 4.40 Å². The number of carbonyl (C=O) groups excluding carboxylic acids is 2. The van der Waals surface area contributed by atoms with Crippen LogP contribution >= 0.6 is 11.8 Å². The molecule has 168 valence electrons. The molecule has 0 atom stereocenters. The first-order valence-corrected chi connectivity index (χ1v) is 12.6.